The molecule has 1 rings (SSSR count). The lowest BCUT2D eigenvalue weighted by Gasteiger charge is -2.03. The Morgan fingerprint density at radius 1 is 1.53 bits per heavy atom. The first-order valence-corrected chi connectivity index (χ1v) is 5.42. The molecule has 86 valence electrons. The molecule has 3 N–H and O–H groups in total. The van der Waals surface area contributed by atoms with Gasteiger partial charge in [0.05, 0.1) is 11.9 Å². The Morgan fingerprint density at radius 3 is 2.93 bits per heavy atom. The molecule has 1 aromatic heterocycles. The normalized spacial score (nSPS) is 10.5. The van der Waals surface area contributed by atoms with Gasteiger partial charge in [-0.05, 0) is 20.3 Å². The Kier molecular flexibility index (Phi) is 4.97. The van der Waals surface area contributed by atoms with Gasteiger partial charge in [0.25, 0.3) is 0 Å². The molecule has 0 radical (unpaired) electrons. The molecule has 0 aromatic carbocycles. The summed E-state index contributed by atoms with van der Waals surface area (Å²) in [6.45, 7) is 7.25. The van der Waals surface area contributed by atoms with Gasteiger partial charge in [-0.25, -0.2) is 0 Å². The number of hydrogen-bond donors (Lipinski definition) is 2. The summed E-state index contributed by atoms with van der Waals surface area (Å²) in [5.74, 6) is 0.772. The highest BCUT2D eigenvalue weighted by atomic mass is 16.5. The van der Waals surface area contributed by atoms with E-state index in [-0.39, 0.29) is 0 Å². The third-order valence-electron chi connectivity index (χ3n) is 2.08. The minimum absolute atomic E-state index is 0.702. The van der Waals surface area contributed by atoms with E-state index in [0.29, 0.717) is 5.69 Å². The molecule has 1 aromatic rings. The van der Waals surface area contributed by atoms with E-state index in [0.717, 1.165) is 38.5 Å². The van der Waals surface area contributed by atoms with E-state index >= 15 is 0 Å². The number of nitrogens with zero attached hydrogens (tertiary/aromatic N) is 2. The highest BCUT2D eigenvalue weighted by Crippen LogP contribution is 2.14. The third-order valence-corrected chi connectivity index (χ3v) is 2.08. The topological polar surface area (TPSA) is 65.1 Å². The summed E-state index contributed by atoms with van der Waals surface area (Å²) < 4.78 is 7.05. The van der Waals surface area contributed by atoms with Crippen molar-refractivity contribution in [3.63, 3.8) is 0 Å². The summed E-state index contributed by atoms with van der Waals surface area (Å²) in [4.78, 5) is 0. The van der Waals surface area contributed by atoms with Crippen molar-refractivity contribution in [2.24, 2.45) is 0 Å². The maximum absolute atomic E-state index is 5.78. The monoisotopic (exact) mass is 212 g/mol. The van der Waals surface area contributed by atoms with Crippen LogP contribution in [0.2, 0.25) is 0 Å². The van der Waals surface area contributed by atoms with Crippen molar-refractivity contribution in [3.8, 4) is 0 Å². The van der Waals surface area contributed by atoms with Crippen LogP contribution >= 0.6 is 0 Å². The number of nitrogens with two attached hydrogens (primary N) is 1. The summed E-state index contributed by atoms with van der Waals surface area (Å²) in [5.41, 5.74) is 6.48. The van der Waals surface area contributed by atoms with Crippen LogP contribution < -0.4 is 11.1 Å². The molecular weight excluding hydrogens is 192 g/mol. The number of ether oxygens (including phenoxy) is 1. The molecule has 0 fully saturated rings. The second-order valence-electron chi connectivity index (χ2n) is 3.27. The van der Waals surface area contributed by atoms with Crippen LogP contribution in [0.25, 0.3) is 0 Å². The Morgan fingerprint density at radius 2 is 2.33 bits per heavy atom. The number of rotatable bonds is 7. The van der Waals surface area contributed by atoms with E-state index in [9.17, 15) is 0 Å². The van der Waals surface area contributed by atoms with Gasteiger partial charge in [-0.1, -0.05) is 0 Å². The molecule has 0 amide bonds. The zero-order valence-electron chi connectivity index (χ0n) is 9.49. The minimum Gasteiger partial charge on any atom is -0.394 e. The smallest absolute Gasteiger partial charge is 0.171 e. The summed E-state index contributed by atoms with van der Waals surface area (Å²) in [6, 6.07) is 0. The quantitative estimate of drug-likeness (QED) is 0.669. The molecular formula is C10H20N4O. The van der Waals surface area contributed by atoms with Crippen molar-refractivity contribution in [2.45, 2.75) is 26.8 Å². The van der Waals surface area contributed by atoms with Crippen molar-refractivity contribution < 1.29 is 4.74 Å². The summed E-state index contributed by atoms with van der Waals surface area (Å²) in [5, 5.41) is 7.48. The lowest BCUT2D eigenvalue weighted by atomic mass is 10.4. The molecule has 0 spiro atoms. The number of hydrogen-bond acceptors (Lipinski definition) is 4. The van der Waals surface area contributed by atoms with Crippen molar-refractivity contribution in [1.29, 1.82) is 0 Å². The van der Waals surface area contributed by atoms with Gasteiger partial charge >= 0.3 is 0 Å². The van der Waals surface area contributed by atoms with Crippen LogP contribution in [-0.4, -0.2) is 29.5 Å². The average molecular weight is 212 g/mol. The first-order chi connectivity index (χ1) is 7.27. The lowest BCUT2D eigenvalue weighted by molar-refractivity contribution is 0.147. The maximum Gasteiger partial charge on any atom is 0.171 e. The van der Waals surface area contributed by atoms with Crippen LogP contribution in [0.4, 0.5) is 11.5 Å². The number of aromatic nitrogens is 2. The number of nitrogens with one attached hydrogen (secondary N) is 1. The zero-order valence-corrected chi connectivity index (χ0v) is 9.49. The first-order valence-electron chi connectivity index (χ1n) is 5.42. The standard InChI is InChI=1S/C10H20N4O/c1-3-14-8-9(11)10(13-14)12-6-5-7-15-4-2/h8H,3-7,11H2,1-2H3,(H,12,13). The predicted octanol–water partition coefficient (Wildman–Crippen LogP) is 1.32. The maximum atomic E-state index is 5.78. The van der Waals surface area contributed by atoms with Crippen LogP contribution in [0.1, 0.15) is 20.3 Å². The van der Waals surface area contributed by atoms with E-state index in [2.05, 4.69) is 10.4 Å². The molecule has 0 unspecified atom stereocenters. The Balaban J connectivity index is 2.27. The van der Waals surface area contributed by atoms with Gasteiger partial charge in [-0.3, -0.25) is 4.68 Å². The molecule has 0 saturated heterocycles. The van der Waals surface area contributed by atoms with Crippen molar-refractivity contribution in [2.75, 3.05) is 30.8 Å². The summed E-state index contributed by atoms with van der Waals surface area (Å²) >= 11 is 0. The second kappa shape index (κ2) is 6.29. The van der Waals surface area contributed by atoms with Crippen molar-refractivity contribution in [1.82, 2.24) is 9.78 Å². The third kappa shape index (κ3) is 3.79. The fourth-order valence-corrected chi connectivity index (χ4v) is 1.26. The van der Waals surface area contributed by atoms with Crippen LogP contribution in [0, 0.1) is 0 Å². The van der Waals surface area contributed by atoms with Gasteiger partial charge in [0.15, 0.2) is 5.82 Å². The second-order valence-corrected chi connectivity index (χ2v) is 3.27. The number of nitrogen functional groups attached to an aromatic ring is 1. The fraction of sp³-hybridized carbons (Fsp3) is 0.700. The highest BCUT2D eigenvalue weighted by molar-refractivity contribution is 5.59. The molecule has 15 heavy (non-hydrogen) atoms. The molecule has 0 bridgehead atoms. The van der Waals surface area contributed by atoms with Crippen LogP contribution in [0.5, 0.6) is 0 Å². The van der Waals surface area contributed by atoms with Gasteiger partial charge in [0.1, 0.15) is 0 Å². The molecule has 0 aliphatic carbocycles. The van der Waals surface area contributed by atoms with Gasteiger partial charge in [0, 0.05) is 26.3 Å². The van der Waals surface area contributed by atoms with Gasteiger partial charge < -0.3 is 15.8 Å². The Labute approximate surface area is 90.6 Å². The van der Waals surface area contributed by atoms with E-state index in [1.807, 2.05) is 24.7 Å². The van der Waals surface area contributed by atoms with Crippen LogP contribution in [0.15, 0.2) is 6.20 Å². The lowest BCUT2D eigenvalue weighted by Crippen LogP contribution is -2.07. The van der Waals surface area contributed by atoms with Crippen molar-refractivity contribution >= 4 is 11.5 Å². The highest BCUT2D eigenvalue weighted by Gasteiger charge is 2.03. The average Bonchev–Trinajstić information content (AvgIpc) is 2.59. The molecule has 0 aliphatic rings. The molecule has 5 nitrogen and oxygen atoms in total. The van der Waals surface area contributed by atoms with Crippen LogP contribution in [-0.2, 0) is 11.3 Å². The van der Waals surface area contributed by atoms with Crippen LogP contribution in [0.3, 0.4) is 0 Å². The zero-order chi connectivity index (χ0) is 11.1. The van der Waals surface area contributed by atoms with E-state index in [4.69, 9.17) is 10.5 Å². The molecule has 1 heterocycles. The number of aryl methyl sites for hydroxylation is 1. The molecule has 5 heteroatoms. The van der Waals surface area contributed by atoms with Gasteiger partial charge in [-0.15, -0.1) is 0 Å². The Bertz CT molecular complexity index is 285. The van der Waals surface area contributed by atoms with Gasteiger partial charge in [0.2, 0.25) is 0 Å². The van der Waals surface area contributed by atoms with E-state index in [1.54, 1.807) is 0 Å². The van der Waals surface area contributed by atoms with Crippen molar-refractivity contribution in [3.05, 3.63) is 6.20 Å². The summed E-state index contributed by atoms with van der Waals surface area (Å²) in [7, 11) is 0. The minimum atomic E-state index is 0.702. The number of anilines is 2. The molecule has 0 saturated carbocycles. The largest absolute Gasteiger partial charge is 0.394 e. The van der Waals surface area contributed by atoms with Gasteiger partial charge in [-0.2, -0.15) is 5.10 Å². The molecule has 0 atom stereocenters. The predicted molar refractivity (Wildman–Crippen MR) is 61.9 cm³/mol. The first kappa shape index (κ1) is 11.8. The Hall–Kier alpha value is -1.23. The SMILES string of the molecule is CCOCCCNc1nn(CC)cc1N. The van der Waals surface area contributed by atoms with E-state index in [1.165, 1.54) is 0 Å². The molecule has 0 aliphatic heterocycles. The van der Waals surface area contributed by atoms with E-state index < -0.39 is 0 Å². The fourth-order valence-electron chi connectivity index (χ4n) is 1.26. The summed E-state index contributed by atoms with van der Waals surface area (Å²) in [6.07, 6.45) is 2.80.